The Morgan fingerprint density at radius 1 is 1.55 bits per heavy atom. The first-order chi connectivity index (χ1) is 5.25. The largest absolute Gasteiger partial charge is 0.506 e. The van der Waals surface area contributed by atoms with E-state index in [2.05, 4.69) is 15.9 Å². The number of rotatable bonds is 2. The van der Waals surface area contributed by atoms with Gasteiger partial charge in [-0.05, 0) is 22.0 Å². The fourth-order valence-electron chi connectivity index (χ4n) is 0.814. The third-order valence-electron chi connectivity index (χ3n) is 1.37. The van der Waals surface area contributed by atoms with Gasteiger partial charge in [0, 0.05) is 12.0 Å². The van der Waals surface area contributed by atoms with Crippen LogP contribution in [0.5, 0.6) is 5.75 Å². The average Bonchev–Trinajstić information content (AvgIpc) is 1.99. The first kappa shape index (κ1) is 8.27. The van der Waals surface area contributed by atoms with Gasteiger partial charge in [0.2, 0.25) is 0 Å². The summed E-state index contributed by atoms with van der Waals surface area (Å²) in [6.07, 6.45) is 1.02. The molecule has 58 valence electrons. The summed E-state index contributed by atoms with van der Waals surface area (Å²) >= 11 is 3.15. The minimum Gasteiger partial charge on any atom is -0.506 e. The van der Waals surface area contributed by atoms with Crippen LogP contribution in [0.3, 0.4) is 0 Å². The van der Waals surface area contributed by atoms with Crippen molar-refractivity contribution in [2.75, 3.05) is 0 Å². The molecule has 2 nitrogen and oxygen atoms in total. The number of aromatic hydroxyl groups is 1. The second-order valence-electron chi connectivity index (χ2n) is 2.12. The second kappa shape index (κ2) is 3.53. The first-order valence-corrected chi connectivity index (χ1v) is 3.95. The van der Waals surface area contributed by atoms with Gasteiger partial charge in [0.15, 0.2) is 0 Å². The van der Waals surface area contributed by atoms with Gasteiger partial charge in [0.1, 0.15) is 12.0 Å². The van der Waals surface area contributed by atoms with E-state index in [9.17, 15) is 9.90 Å². The van der Waals surface area contributed by atoms with E-state index in [1.807, 2.05) is 0 Å². The van der Waals surface area contributed by atoms with E-state index in [0.717, 1.165) is 6.29 Å². The van der Waals surface area contributed by atoms with Gasteiger partial charge in [-0.15, -0.1) is 0 Å². The molecule has 0 radical (unpaired) electrons. The third-order valence-corrected chi connectivity index (χ3v) is 2.01. The molecule has 0 bridgehead atoms. The van der Waals surface area contributed by atoms with Gasteiger partial charge in [-0.1, -0.05) is 12.1 Å². The molecule has 11 heavy (non-hydrogen) atoms. The van der Waals surface area contributed by atoms with Crippen molar-refractivity contribution in [2.24, 2.45) is 0 Å². The Labute approximate surface area is 73.0 Å². The normalized spacial score (nSPS) is 9.55. The van der Waals surface area contributed by atoms with Crippen LogP contribution in [0.15, 0.2) is 22.7 Å². The summed E-state index contributed by atoms with van der Waals surface area (Å²) in [5, 5.41) is 9.32. The van der Waals surface area contributed by atoms with E-state index in [4.69, 9.17) is 0 Å². The Hall–Kier alpha value is -0.830. The monoisotopic (exact) mass is 214 g/mol. The number of phenols is 1. The topological polar surface area (TPSA) is 37.3 Å². The van der Waals surface area contributed by atoms with Crippen LogP contribution in [0.1, 0.15) is 5.56 Å². The molecule has 0 aliphatic rings. The molecular formula is C8H7BrO2. The molecular weight excluding hydrogens is 208 g/mol. The maximum atomic E-state index is 10.1. The standard InChI is InChI=1S/C8H7BrO2/c9-7-3-1-2-6(4-5-10)8(7)11/h1-3,5,11H,4H2. The SMILES string of the molecule is O=CCc1cccc(Br)c1O. The number of halogens is 1. The predicted octanol–water partition coefficient (Wildman–Crippen LogP) is 1.90. The molecule has 0 heterocycles. The number of hydrogen-bond donors (Lipinski definition) is 1. The summed E-state index contributed by atoms with van der Waals surface area (Å²) in [5.41, 5.74) is 0.648. The molecule has 0 aromatic heterocycles. The second-order valence-corrected chi connectivity index (χ2v) is 2.97. The van der Waals surface area contributed by atoms with Crippen molar-refractivity contribution >= 4 is 22.2 Å². The Morgan fingerprint density at radius 3 is 2.91 bits per heavy atom. The Balaban J connectivity index is 3.05. The van der Waals surface area contributed by atoms with Crippen molar-refractivity contribution in [1.82, 2.24) is 0 Å². The zero-order valence-electron chi connectivity index (χ0n) is 5.75. The van der Waals surface area contributed by atoms with Crippen LogP contribution in [0, 0.1) is 0 Å². The van der Waals surface area contributed by atoms with Gasteiger partial charge >= 0.3 is 0 Å². The molecule has 0 aliphatic heterocycles. The van der Waals surface area contributed by atoms with Crippen LogP contribution in [-0.4, -0.2) is 11.4 Å². The zero-order chi connectivity index (χ0) is 8.27. The van der Waals surface area contributed by atoms with Crippen LogP contribution in [0.25, 0.3) is 0 Å². The summed E-state index contributed by atoms with van der Waals surface area (Å²) < 4.78 is 0.622. The minimum atomic E-state index is 0.152. The van der Waals surface area contributed by atoms with E-state index in [0.29, 0.717) is 10.0 Å². The smallest absolute Gasteiger partial charge is 0.133 e. The predicted molar refractivity (Wildman–Crippen MR) is 45.6 cm³/mol. The molecule has 0 saturated heterocycles. The van der Waals surface area contributed by atoms with Gasteiger partial charge in [-0.3, -0.25) is 0 Å². The van der Waals surface area contributed by atoms with Crippen LogP contribution < -0.4 is 0 Å². The van der Waals surface area contributed by atoms with Crippen LogP contribution in [-0.2, 0) is 11.2 Å². The van der Waals surface area contributed by atoms with Crippen molar-refractivity contribution in [3.63, 3.8) is 0 Å². The summed E-state index contributed by atoms with van der Waals surface area (Å²) in [4.78, 5) is 10.1. The lowest BCUT2D eigenvalue weighted by molar-refractivity contribution is -0.107. The molecule has 1 aromatic carbocycles. The van der Waals surface area contributed by atoms with E-state index >= 15 is 0 Å². The first-order valence-electron chi connectivity index (χ1n) is 3.15. The molecule has 0 amide bonds. The number of para-hydroxylation sites is 1. The van der Waals surface area contributed by atoms with E-state index in [1.54, 1.807) is 18.2 Å². The molecule has 0 aliphatic carbocycles. The molecule has 1 rings (SSSR count). The van der Waals surface area contributed by atoms with E-state index in [-0.39, 0.29) is 12.2 Å². The lowest BCUT2D eigenvalue weighted by Gasteiger charge is -2.00. The van der Waals surface area contributed by atoms with Crippen LogP contribution in [0.2, 0.25) is 0 Å². The number of carbonyl (C=O) groups excluding carboxylic acids is 1. The van der Waals surface area contributed by atoms with Gasteiger partial charge in [0.05, 0.1) is 4.47 Å². The highest BCUT2D eigenvalue weighted by Crippen LogP contribution is 2.27. The number of hydrogen-bond acceptors (Lipinski definition) is 2. The summed E-state index contributed by atoms with van der Waals surface area (Å²) in [6.45, 7) is 0. The molecule has 0 fully saturated rings. The quantitative estimate of drug-likeness (QED) is 0.765. The van der Waals surface area contributed by atoms with Gasteiger partial charge in [-0.2, -0.15) is 0 Å². The Kier molecular flexibility index (Phi) is 2.65. The number of benzene rings is 1. The highest BCUT2D eigenvalue weighted by Gasteiger charge is 2.02. The zero-order valence-corrected chi connectivity index (χ0v) is 7.34. The molecule has 0 unspecified atom stereocenters. The maximum Gasteiger partial charge on any atom is 0.133 e. The molecule has 0 spiro atoms. The fraction of sp³-hybridized carbons (Fsp3) is 0.125. The number of carbonyl (C=O) groups is 1. The minimum absolute atomic E-state index is 0.152. The maximum absolute atomic E-state index is 10.1. The van der Waals surface area contributed by atoms with Crippen molar-refractivity contribution in [2.45, 2.75) is 6.42 Å². The number of phenolic OH excluding ortho intramolecular Hbond substituents is 1. The molecule has 3 heteroatoms. The van der Waals surface area contributed by atoms with Crippen molar-refractivity contribution in [3.05, 3.63) is 28.2 Å². The lowest BCUT2D eigenvalue weighted by Crippen LogP contribution is -1.86. The van der Waals surface area contributed by atoms with E-state index in [1.165, 1.54) is 0 Å². The average molecular weight is 215 g/mol. The van der Waals surface area contributed by atoms with Gasteiger partial charge in [0.25, 0.3) is 0 Å². The van der Waals surface area contributed by atoms with Crippen molar-refractivity contribution in [1.29, 1.82) is 0 Å². The Morgan fingerprint density at radius 2 is 2.27 bits per heavy atom. The molecule has 1 aromatic rings. The Bertz CT molecular complexity index is 271. The summed E-state index contributed by atoms with van der Waals surface area (Å²) in [5.74, 6) is 0.152. The third kappa shape index (κ3) is 1.80. The molecule has 0 saturated carbocycles. The van der Waals surface area contributed by atoms with Crippen molar-refractivity contribution in [3.8, 4) is 5.75 Å². The highest BCUT2D eigenvalue weighted by molar-refractivity contribution is 9.10. The number of aldehydes is 1. The van der Waals surface area contributed by atoms with Gasteiger partial charge in [-0.25, -0.2) is 0 Å². The van der Waals surface area contributed by atoms with Gasteiger partial charge < -0.3 is 9.90 Å². The van der Waals surface area contributed by atoms with Crippen LogP contribution in [0.4, 0.5) is 0 Å². The molecule has 1 N–H and O–H groups in total. The fourth-order valence-corrected chi connectivity index (χ4v) is 1.22. The van der Waals surface area contributed by atoms with E-state index < -0.39 is 0 Å². The summed E-state index contributed by atoms with van der Waals surface area (Å²) in [7, 11) is 0. The molecule has 0 atom stereocenters. The van der Waals surface area contributed by atoms with Crippen LogP contribution >= 0.6 is 15.9 Å². The highest BCUT2D eigenvalue weighted by atomic mass is 79.9. The van der Waals surface area contributed by atoms with Crippen molar-refractivity contribution < 1.29 is 9.90 Å². The lowest BCUT2D eigenvalue weighted by atomic mass is 10.1. The summed E-state index contributed by atoms with van der Waals surface area (Å²) in [6, 6.07) is 5.22.